The van der Waals surface area contributed by atoms with Gasteiger partial charge in [-0.25, -0.2) is 4.79 Å². The number of aliphatic hydroxyl groups excluding tert-OH is 2. The highest BCUT2D eigenvalue weighted by atomic mass is 127. The maximum Gasteiger partial charge on any atom is 0.337 e. The van der Waals surface area contributed by atoms with Crippen LogP contribution in [0.2, 0.25) is 0 Å². The molecule has 0 fully saturated rings. The molecule has 6 nitrogen and oxygen atoms in total. The smallest absolute Gasteiger partial charge is 0.337 e. The SMILES string of the molecule is NC(=O)c1c(I)c(CC(O)CO)c(I)c(C(=O)O)c1I. The molecule has 20 heavy (non-hydrogen) atoms. The van der Waals surface area contributed by atoms with Crippen LogP contribution in [0, 0.1) is 10.7 Å². The molecule has 0 radical (unpaired) electrons. The van der Waals surface area contributed by atoms with Gasteiger partial charge in [0.05, 0.1) is 23.8 Å². The Morgan fingerprint density at radius 1 is 1.10 bits per heavy atom. The molecule has 0 bridgehead atoms. The van der Waals surface area contributed by atoms with Crippen molar-refractivity contribution in [3.8, 4) is 0 Å². The van der Waals surface area contributed by atoms with Crippen molar-refractivity contribution in [2.24, 2.45) is 5.73 Å². The lowest BCUT2D eigenvalue weighted by atomic mass is 10.0. The number of carbonyl (C=O) groups excluding carboxylic acids is 1. The third-order valence-corrected chi connectivity index (χ3v) is 5.98. The van der Waals surface area contributed by atoms with Gasteiger partial charge in [-0.3, -0.25) is 4.79 Å². The Morgan fingerprint density at radius 3 is 2.00 bits per heavy atom. The predicted octanol–water partition coefficient (Wildman–Crippen LogP) is 1.19. The summed E-state index contributed by atoms with van der Waals surface area (Å²) in [7, 11) is 0. The van der Waals surface area contributed by atoms with Gasteiger partial charge in [0.2, 0.25) is 0 Å². The molecule has 1 atom stereocenters. The molecule has 9 heteroatoms. The van der Waals surface area contributed by atoms with Crippen LogP contribution >= 0.6 is 67.8 Å². The number of aliphatic hydroxyl groups is 2. The van der Waals surface area contributed by atoms with Crippen LogP contribution in [0.15, 0.2) is 0 Å². The summed E-state index contributed by atoms with van der Waals surface area (Å²) in [5.41, 5.74) is 5.93. The third kappa shape index (κ3) is 3.72. The molecule has 1 amide bonds. The molecule has 0 saturated carbocycles. The van der Waals surface area contributed by atoms with Crippen LogP contribution in [0.3, 0.4) is 0 Å². The van der Waals surface area contributed by atoms with Crippen LogP contribution in [-0.2, 0) is 6.42 Å². The zero-order valence-electron chi connectivity index (χ0n) is 9.86. The zero-order valence-corrected chi connectivity index (χ0v) is 16.3. The Morgan fingerprint density at radius 2 is 1.60 bits per heavy atom. The van der Waals surface area contributed by atoms with E-state index >= 15 is 0 Å². The van der Waals surface area contributed by atoms with Gasteiger partial charge in [-0.15, -0.1) is 0 Å². The fraction of sp³-hybridized carbons (Fsp3) is 0.273. The molecular weight excluding hydrogens is 607 g/mol. The van der Waals surface area contributed by atoms with Gasteiger partial charge in [0.25, 0.3) is 5.91 Å². The number of primary amides is 1. The number of hydrogen-bond donors (Lipinski definition) is 4. The molecular formula is C11H10I3NO5. The van der Waals surface area contributed by atoms with Crippen molar-refractivity contribution >= 4 is 79.6 Å². The Hall–Kier alpha value is 0.270. The van der Waals surface area contributed by atoms with Crippen molar-refractivity contribution in [1.82, 2.24) is 0 Å². The summed E-state index contributed by atoms with van der Waals surface area (Å²) >= 11 is 5.54. The van der Waals surface area contributed by atoms with Gasteiger partial charge < -0.3 is 21.1 Å². The summed E-state index contributed by atoms with van der Waals surface area (Å²) < 4.78 is 1.21. The standard InChI is InChI=1S/C11H10I3NO5/c12-7-4(1-3(17)2-16)8(13)6(11(19)20)9(14)5(7)10(15)18/h3,16-17H,1-2H2,(H2,15,18)(H,19,20). The molecule has 1 unspecified atom stereocenters. The van der Waals surface area contributed by atoms with Crippen LogP contribution in [0.4, 0.5) is 0 Å². The number of benzene rings is 1. The number of hydrogen-bond acceptors (Lipinski definition) is 4. The second kappa shape index (κ2) is 7.51. The lowest BCUT2D eigenvalue weighted by Gasteiger charge is -2.17. The predicted molar refractivity (Wildman–Crippen MR) is 96.9 cm³/mol. The largest absolute Gasteiger partial charge is 0.478 e. The van der Waals surface area contributed by atoms with E-state index < -0.39 is 24.6 Å². The molecule has 0 spiro atoms. The molecule has 110 valence electrons. The highest BCUT2D eigenvalue weighted by molar-refractivity contribution is 14.1. The van der Waals surface area contributed by atoms with E-state index in [-0.39, 0.29) is 21.1 Å². The zero-order chi connectivity index (χ0) is 15.6. The highest BCUT2D eigenvalue weighted by Gasteiger charge is 2.27. The summed E-state index contributed by atoms with van der Waals surface area (Å²) in [6.07, 6.45) is -0.982. The lowest BCUT2D eigenvalue weighted by molar-refractivity contribution is 0.0693. The van der Waals surface area contributed by atoms with Crippen LogP contribution < -0.4 is 5.73 Å². The first kappa shape index (κ1) is 18.3. The minimum Gasteiger partial charge on any atom is -0.478 e. The molecule has 5 N–H and O–H groups in total. The quantitative estimate of drug-likeness (QED) is 0.371. The Kier molecular flexibility index (Phi) is 6.88. The van der Waals surface area contributed by atoms with E-state index in [0.717, 1.165) is 0 Å². The number of amides is 1. The summed E-state index contributed by atoms with van der Waals surface area (Å²) in [5.74, 6) is -1.89. The fourth-order valence-corrected chi connectivity index (χ4v) is 6.20. The maximum atomic E-state index is 11.5. The highest BCUT2D eigenvalue weighted by Crippen LogP contribution is 2.32. The average molecular weight is 617 g/mol. The summed E-state index contributed by atoms with van der Waals surface area (Å²) in [6, 6.07) is 0. The van der Waals surface area contributed by atoms with E-state index in [4.69, 9.17) is 10.8 Å². The number of aromatic carboxylic acids is 1. The Balaban J connectivity index is 3.66. The number of carboxylic acid groups (broad SMARTS) is 1. The van der Waals surface area contributed by atoms with E-state index in [9.17, 15) is 19.8 Å². The summed E-state index contributed by atoms with van der Waals surface area (Å²) in [6.45, 7) is -0.452. The van der Waals surface area contributed by atoms with Gasteiger partial charge in [-0.1, -0.05) is 0 Å². The van der Waals surface area contributed by atoms with Gasteiger partial charge in [0.1, 0.15) is 0 Å². The van der Waals surface area contributed by atoms with E-state index in [1.807, 2.05) is 45.2 Å². The van der Waals surface area contributed by atoms with Crippen LogP contribution in [-0.4, -0.2) is 39.9 Å². The van der Waals surface area contributed by atoms with E-state index in [2.05, 4.69) is 0 Å². The minimum atomic E-state index is -1.17. The molecule has 1 aromatic rings. The fourth-order valence-electron chi connectivity index (χ4n) is 1.60. The second-order valence-electron chi connectivity index (χ2n) is 3.88. The number of nitrogens with two attached hydrogens (primary N) is 1. The normalized spacial score (nSPS) is 12.2. The van der Waals surface area contributed by atoms with Gasteiger partial charge in [0.15, 0.2) is 0 Å². The van der Waals surface area contributed by atoms with E-state index in [1.165, 1.54) is 0 Å². The van der Waals surface area contributed by atoms with Gasteiger partial charge in [-0.2, -0.15) is 0 Å². The van der Waals surface area contributed by atoms with Gasteiger partial charge in [-0.05, 0) is 73.3 Å². The number of carbonyl (C=O) groups is 2. The maximum absolute atomic E-state index is 11.5. The molecule has 0 saturated heterocycles. The van der Waals surface area contributed by atoms with Gasteiger partial charge in [0, 0.05) is 17.1 Å². The first-order valence-electron chi connectivity index (χ1n) is 5.23. The molecule has 0 aromatic heterocycles. The Bertz CT molecular complexity index is 535. The third-order valence-electron chi connectivity index (χ3n) is 2.52. The number of rotatable bonds is 5. The monoisotopic (exact) mass is 617 g/mol. The van der Waals surface area contributed by atoms with Crippen molar-refractivity contribution in [3.05, 3.63) is 27.4 Å². The summed E-state index contributed by atoms with van der Waals surface area (Å²) in [5, 5.41) is 27.8. The van der Waals surface area contributed by atoms with E-state index in [1.54, 1.807) is 22.6 Å². The molecule has 1 aromatic carbocycles. The van der Waals surface area contributed by atoms with Crippen LogP contribution in [0.1, 0.15) is 26.3 Å². The molecule has 1 rings (SSSR count). The second-order valence-corrected chi connectivity index (χ2v) is 7.12. The molecule has 0 aliphatic heterocycles. The van der Waals surface area contributed by atoms with Crippen molar-refractivity contribution in [2.45, 2.75) is 12.5 Å². The summed E-state index contributed by atoms with van der Waals surface area (Å²) in [4.78, 5) is 22.9. The number of halogens is 3. The molecule has 0 aliphatic carbocycles. The van der Waals surface area contributed by atoms with Crippen molar-refractivity contribution < 1.29 is 24.9 Å². The van der Waals surface area contributed by atoms with Crippen molar-refractivity contribution in [2.75, 3.05) is 6.61 Å². The van der Waals surface area contributed by atoms with E-state index in [0.29, 0.717) is 12.7 Å². The average Bonchev–Trinajstić information content (AvgIpc) is 2.33. The number of carboxylic acids is 1. The van der Waals surface area contributed by atoms with Crippen LogP contribution in [0.5, 0.6) is 0 Å². The first-order chi connectivity index (χ1) is 9.22. The van der Waals surface area contributed by atoms with Gasteiger partial charge >= 0.3 is 5.97 Å². The molecule has 0 heterocycles. The minimum absolute atomic E-state index is 0.0134. The van der Waals surface area contributed by atoms with Crippen molar-refractivity contribution in [1.29, 1.82) is 0 Å². The Labute approximate surface area is 155 Å². The molecule has 0 aliphatic rings. The van der Waals surface area contributed by atoms with Crippen LogP contribution in [0.25, 0.3) is 0 Å². The first-order valence-corrected chi connectivity index (χ1v) is 8.47. The van der Waals surface area contributed by atoms with Crippen molar-refractivity contribution in [3.63, 3.8) is 0 Å². The topological polar surface area (TPSA) is 121 Å². The lowest BCUT2D eigenvalue weighted by Crippen LogP contribution is -2.23.